The van der Waals surface area contributed by atoms with Crippen LogP contribution >= 0.6 is 0 Å². The number of nitrogens with zero attached hydrogens (tertiary/aromatic N) is 4. The third-order valence-electron chi connectivity index (χ3n) is 8.19. The lowest BCUT2D eigenvalue weighted by molar-refractivity contribution is -0.136. The molecule has 0 saturated carbocycles. The molecule has 0 unspecified atom stereocenters. The van der Waals surface area contributed by atoms with Crippen molar-refractivity contribution in [2.45, 2.75) is 44.2 Å². The van der Waals surface area contributed by atoms with Gasteiger partial charge in [0.2, 0.25) is 0 Å². The fourth-order valence-electron chi connectivity index (χ4n) is 6.12. The SMILES string of the molecule is COCCN1C(=O)N(CCc2ccccc2)C2(CCN(Cc3ccc4c(c3)CCCN4C)CC2)C1=O. The summed E-state index contributed by atoms with van der Waals surface area (Å²) >= 11 is 0. The second-order valence-electron chi connectivity index (χ2n) is 10.4. The van der Waals surface area contributed by atoms with E-state index < -0.39 is 5.54 Å². The molecule has 3 aliphatic rings. The van der Waals surface area contributed by atoms with Gasteiger partial charge < -0.3 is 14.5 Å². The molecule has 36 heavy (non-hydrogen) atoms. The predicted molar refractivity (Wildman–Crippen MR) is 141 cm³/mol. The number of fused-ring (bicyclic) bond motifs is 1. The molecule has 5 rings (SSSR count). The number of amides is 3. The van der Waals surface area contributed by atoms with E-state index in [2.05, 4.69) is 47.2 Å². The van der Waals surface area contributed by atoms with Gasteiger partial charge in [0.05, 0.1) is 13.2 Å². The molecule has 0 radical (unpaired) electrons. The summed E-state index contributed by atoms with van der Waals surface area (Å²) in [6.07, 6.45) is 4.43. The minimum atomic E-state index is -0.741. The van der Waals surface area contributed by atoms with Gasteiger partial charge in [-0.3, -0.25) is 14.6 Å². The van der Waals surface area contributed by atoms with Crippen molar-refractivity contribution < 1.29 is 14.3 Å². The van der Waals surface area contributed by atoms with Crippen molar-refractivity contribution in [1.82, 2.24) is 14.7 Å². The number of benzene rings is 2. The van der Waals surface area contributed by atoms with Gasteiger partial charge in [0.15, 0.2) is 0 Å². The van der Waals surface area contributed by atoms with Gasteiger partial charge in [0, 0.05) is 52.6 Å². The van der Waals surface area contributed by atoms with Crippen molar-refractivity contribution in [3.8, 4) is 0 Å². The summed E-state index contributed by atoms with van der Waals surface area (Å²) in [5.74, 6) is -0.0471. The van der Waals surface area contributed by atoms with E-state index in [1.54, 1.807) is 7.11 Å². The van der Waals surface area contributed by atoms with Gasteiger partial charge in [-0.15, -0.1) is 0 Å². The highest BCUT2D eigenvalue weighted by atomic mass is 16.5. The molecule has 3 amide bonds. The van der Waals surface area contributed by atoms with Gasteiger partial charge in [0.25, 0.3) is 5.91 Å². The van der Waals surface area contributed by atoms with Gasteiger partial charge in [-0.25, -0.2) is 4.79 Å². The van der Waals surface area contributed by atoms with Crippen LogP contribution in [0.5, 0.6) is 0 Å². The molecule has 0 aliphatic carbocycles. The monoisotopic (exact) mass is 490 g/mol. The average molecular weight is 491 g/mol. The molecule has 7 heteroatoms. The Morgan fingerprint density at radius 2 is 1.72 bits per heavy atom. The minimum absolute atomic E-state index is 0.0471. The summed E-state index contributed by atoms with van der Waals surface area (Å²) in [5, 5.41) is 0. The lowest BCUT2D eigenvalue weighted by atomic mass is 9.85. The molecule has 3 aliphatic heterocycles. The molecule has 2 aromatic rings. The first-order valence-corrected chi connectivity index (χ1v) is 13.2. The van der Waals surface area contributed by atoms with E-state index in [-0.39, 0.29) is 11.9 Å². The lowest BCUT2D eigenvalue weighted by Crippen LogP contribution is -2.56. The van der Waals surface area contributed by atoms with E-state index in [0.29, 0.717) is 32.5 Å². The second kappa shape index (κ2) is 10.6. The average Bonchev–Trinajstić information content (AvgIpc) is 3.08. The number of ether oxygens (including phenoxy) is 1. The Hall–Kier alpha value is -2.90. The third-order valence-corrected chi connectivity index (χ3v) is 8.19. The molecular formula is C29H38N4O3. The molecule has 0 atom stereocenters. The largest absolute Gasteiger partial charge is 0.383 e. The molecule has 3 heterocycles. The van der Waals surface area contributed by atoms with Crippen LogP contribution in [-0.4, -0.2) is 85.7 Å². The van der Waals surface area contributed by atoms with E-state index in [4.69, 9.17) is 4.74 Å². The summed E-state index contributed by atoms with van der Waals surface area (Å²) in [5.41, 5.74) is 4.56. The number of anilines is 1. The van der Waals surface area contributed by atoms with Gasteiger partial charge in [0.1, 0.15) is 5.54 Å². The van der Waals surface area contributed by atoms with Gasteiger partial charge >= 0.3 is 6.03 Å². The topological polar surface area (TPSA) is 56.3 Å². The number of methoxy groups -OCH3 is 1. The maximum absolute atomic E-state index is 13.7. The van der Waals surface area contributed by atoms with E-state index in [1.807, 2.05) is 23.1 Å². The van der Waals surface area contributed by atoms with E-state index in [0.717, 1.165) is 39.0 Å². The second-order valence-corrected chi connectivity index (χ2v) is 10.4. The Balaban J connectivity index is 1.29. The Morgan fingerprint density at radius 3 is 2.47 bits per heavy atom. The van der Waals surface area contributed by atoms with E-state index in [1.165, 1.54) is 33.7 Å². The highest BCUT2D eigenvalue weighted by molar-refractivity contribution is 6.07. The molecule has 0 aromatic heterocycles. The first-order valence-electron chi connectivity index (χ1n) is 13.2. The zero-order valence-electron chi connectivity index (χ0n) is 21.6. The standard InChI is InChI=1S/C29H38N4O3/c1-30-15-6-9-25-21-24(10-11-26(25)30)22-31-17-13-29(14-18-31)27(34)32(19-20-36-2)28(35)33(29)16-12-23-7-4-3-5-8-23/h3-5,7-8,10-11,21H,6,9,12-20,22H2,1-2H3. The molecule has 0 bridgehead atoms. The van der Waals surface area contributed by atoms with E-state index in [9.17, 15) is 9.59 Å². The lowest BCUT2D eigenvalue weighted by Gasteiger charge is -2.42. The van der Waals surface area contributed by atoms with Crippen LogP contribution in [0.2, 0.25) is 0 Å². The predicted octanol–water partition coefficient (Wildman–Crippen LogP) is 3.56. The summed E-state index contributed by atoms with van der Waals surface area (Å²) < 4.78 is 5.19. The van der Waals surface area contributed by atoms with Crippen molar-refractivity contribution in [1.29, 1.82) is 0 Å². The highest BCUT2D eigenvalue weighted by Crippen LogP contribution is 2.38. The summed E-state index contributed by atoms with van der Waals surface area (Å²) in [4.78, 5) is 35.1. The molecule has 1 spiro atoms. The van der Waals surface area contributed by atoms with Gasteiger partial charge in [-0.05, 0) is 54.9 Å². The number of carbonyl (C=O) groups excluding carboxylic acids is 2. The zero-order chi connectivity index (χ0) is 25.1. The van der Waals surface area contributed by atoms with Crippen molar-refractivity contribution >= 4 is 17.6 Å². The van der Waals surface area contributed by atoms with E-state index >= 15 is 0 Å². The van der Waals surface area contributed by atoms with Crippen LogP contribution in [0.4, 0.5) is 10.5 Å². The number of carbonyl (C=O) groups is 2. The van der Waals surface area contributed by atoms with Crippen molar-refractivity contribution in [2.24, 2.45) is 0 Å². The number of rotatable bonds is 8. The molecule has 192 valence electrons. The van der Waals surface area contributed by atoms with Gasteiger partial charge in [-0.1, -0.05) is 42.5 Å². The number of likely N-dealkylation sites (tertiary alicyclic amines) is 1. The smallest absolute Gasteiger partial charge is 0.327 e. The molecule has 0 N–H and O–H groups in total. The first kappa shape index (κ1) is 24.8. The van der Waals surface area contributed by atoms with Crippen molar-refractivity contribution in [3.05, 3.63) is 65.2 Å². The number of piperidine rings is 1. The normalized spacial score (nSPS) is 19.9. The fourth-order valence-corrected chi connectivity index (χ4v) is 6.12. The molecule has 7 nitrogen and oxygen atoms in total. The van der Waals surface area contributed by atoms with Crippen molar-refractivity contribution in [3.63, 3.8) is 0 Å². The Bertz CT molecular complexity index is 1080. The maximum atomic E-state index is 13.7. The zero-order valence-corrected chi connectivity index (χ0v) is 21.6. The van der Waals surface area contributed by atoms with Crippen LogP contribution in [0.1, 0.15) is 36.0 Å². The Kier molecular flexibility index (Phi) is 7.30. The minimum Gasteiger partial charge on any atom is -0.383 e. The first-order chi connectivity index (χ1) is 17.5. The van der Waals surface area contributed by atoms with Crippen LogP contribution < -0.4 is 4.90 Å². The molecule has 2 fully saturated rings. The number of hydrogen-bond donors (Lipinski definition) is 0. The highest BCUT2D eigenvalue weighted by Gasteiger charge is 2.57. The molecule has 2 saturated heterocycles. The Labute approximate surface area is 214 Å². The van der Waals surface area contributed by atoms with Crippen LogP contribution in [0.3, 0.4) is 0 Å². The molecule has 2 aromatic carbocycles. The number of aryl methyl sites for hydroxylation is 1. The quantitative estimate of drug-likeness (QED) is 0.530. The Morgan fingerprint density at radius 1 is 0.944 bits per heavy atom. The van der Waals surface area contributed by atoms with Crippen LogP contribution in [0, 0.1) is 0 Å². The van der Waals surface area contributed by atoms with Crippen LogP contribution in [0.15, 0.2) is 48.5 Å². The fraction of sp³-hybridized carbons (Fsp3) is 0.517. The number of imide groups is 1. The summed E-state index contributed by atoms with van der Waals surface area (Å²) in [7, 11) is 3.77. The maximum Gasteiger partial charge on any atom is 0.327 e. The summed E-state index contributed by atoms with van der Waals surface area (Å²) in [6, 6.07) is 16.9. The molecular weight excluding hydrogens is 452 g/mol. The summed E-state index contributed by atoms with van der Waals surface area (Å²) in [6.45, 7) is 4.83. The number of urea groups is 1. The van der Waals surface area contributed by atoms with Crippen LogP contribution in [0.25, 0.3) is 0 Å². The third kappa shape index (κ3) is 4.74. The van der Waals surface area contributed by atoms with Gasteiger partial charge in [-0.2, -0.15) is 0 Å². The van der Waals surface area contributed by atoms with Crippen molar-refractivity contribution in [2.75, 3.05) is 58.4 Å². The number of hydrogen-bond acceptors (Lipinski definition) is 5. The van der Waals surface area contributed by atoms with Crippen LogP contribution in [-0.2, 0) is 28.9 Å².